The Kier molecular flexibility index (Phi) is 5.18. The molecule has 2 amide bonds. The highest BCUT2D eigenvalue weighted by Crippen LogP contribution is 2.45. The molecule has 154 valence electrons. The number of carbonyl (C=O) groups excluding carboxylic acids is 2. The van der Waals surface area contributed by atoms with Gasteiger partial charge in [0.15, 0.2) is 0 Å². The van der Waals surface area contributed by atoms with Crippen molar-refractivity contribution >= 4 is 29.0 Å². The second-order valence-electron chi connectivity index (χ2n) is 7.86. The third kappa shape index (κ3) is 3.69. The van der Waals surface area contributed by atoms with Crippen molar-refractivity contribution < 1.29 is 9.59 Å². The predicted octanol–water partition coefficient (Wildman–Crippen LogP) is 5.59. The number of benzene rings is 3. The van der Waals surface area contributed by atoms with Gasteiger partial charge in [-0.15, -0.1) is 0 Å². The second-order valence-corrected chi connectivity index (χ2v) is 8.30. The highest BCUT2D eigenvalue weighted by atomic mass is 35.5. The van der Waals surface area contributed by atoms with Crippen LogP contribution in [0.1, 0.15) is 41.6 Å². The van der Waals surface area contributed by atoms with E-state index in [-0.39, 0.29) is 30.3 Å². The maximum atomic E-state index is 13.3. The Hall–Kier alpha value is -3.21. The first kappa shape index (κ1) is 19.7. The van der Waals surface area contributed by atoms with Crippen molar-refractivity contribution in [1.29, 1.82) is 0 Å². The number of nitrogens with zero attached hydrogens (tertiary/aromatic N) is 2. The van der Waals surface area contributed by atoms with Crippen LogP contribution in [0.15, 0.2) is 91.0 Å². The Morgan fingerprint density at radius 2 is 1.26 bits per heavy atom. The SMILES string of the molecule is O=C1C=C(c2ccc(Cl)cc2)C[C@@H](c2ccccc2)N2[C@@H](c3ccccc3)CC(=O)N12. The number of hydrogen-bond donors (Lipinski definition) is 0. The largest absolute Gasteiger partial charge is 0.273 e. The van der Waals surface area contributed by atoms with Crippen LogP contribution < -0.4 is 0 Å². The fourth-order valence-corrected chi connectivity index (χ4v) is 4.66. The second kappa shape index (κ2) is 8.14. The Labute approximate surface area is 186 Å². The van der Waals surface area contributed by atoms with Gasteiger partial charge in [-0.05, 0) is 40.8 Å². The fourth-order valence-electron chi connectivity index (χ4n) is 4.53. The lowest BCUT2D eigenvalue weighted by Crippen LogP contribution is -2.44. The number of rotatable bonds is 3. The highest BCUT2D eigenvalue weighted by molar-refractivity contribution is 6.30. The molecule has 5 heteroatoms. The van der Waals surface area contributed by atoms with E-state index in [1.165, 1.54) is 5.01 Å². The first-order chi connectivity index (χ1) is 15.1. The van der Waals surface area contributed by atoms with Gasteiger partial charge in [-0.1, -0.05) is 84.4 Å². The van der Waals surface area contributed by atoms with E-state index in [2.05, 4.69) is 12.1 Å². The van der Waals surface area contributed by atoms with Crippen LogP contribution in [0.25, 0.3) is 5.57 Å². The maximum Gasteiger partial charge on any atom is 0.268 e. The molecule has 3 aromatic rings. The number of fused-ring (bicyclic) bond motifs is 1. The van der Waals surface area contributed by atoms with Crippen LogP contribution in [0.2, 0.25) is 5.02 Å². The smallest absolute Gasteiger partial charge is 0.268 e. The van der Waals surface area contributed by atoms with E-state index in [9.17, 15) is 9.59 Å². The van der Waals surface area contributed by atoms with E-state index in [0.29, 0.717) is 11.4 Å². The topological polar surface area (TPSA) is 40.6 Å². The summed E-state index contributed by atoms with van der Waals surface area (Å²) in [5.74, 6) is -0.472. The van der Waals surface area contributed by atoms with Crippen molar-refractivity contribution in [1.82, 2.24) is 10.0 Å². The number of halogens is 1. The molecule has 0 radical (unpaired) electrons. The predicted molar refractivity (Wildman–Crippen MR) is 121 cm³/mol. The van der Waals surface area contributed by atoms with E-state index in [4.69, 9.17) is 11.6 Å². The number of hydrazine groups is 1. The van der Waals surface area contributed by atoms with Crippen LogP contribution in [0, 0.1) is 0 Å². The van der Waals surface area contributed by atoms with Crippen LogP contribution in [0.4, 0.5) is 0 Å². The molecule has 0 aliphatic carbocycles. The maximum absolute atomic E-state index is 13.3. The van der Waals surface area contributed by atoms with Crippen LogP contribution in [0.3, 0.4) is 0 Å². The molecule has 1 saturated heterocycles. The summed E-state index contributed by atoms with van der Waals surface area (Å²) in [5, 5.41) is 3.97. The van der Waals surface area contributed by atoms with Crippen LogP contribution in [-0.4, -0.2) is 21.8 Å². The lowest BCUT2D eigenvalue weighted by Gasteiger charge is -2.36. The van der Waals surface area contributed by atoms with Crippen molar-refractivity contribution in [2.75, 3.05) is 0 Å². The summed E-state index contributed by atoms with van der Waals surface area (Å²) < 4.78 is 0. The Bertz CT molecular complexity index is 1140. The molecule has 4 nitrogen and oxygen atoms in total. The van der Waals surface area contributed by atoms with Crippen LogP contribution in [0.5, 0.6) is 0 Å². The number of imide groups is 1. The zero-order chi connectivity index (χ0) is 21.4. The molecule has 5 rings (SSSR count). The molecule has 0 spiro atoms. The summed E-state index contributed by atoms with van der Waals surface area (Å²) in [5.41, 5.74) is 3.93. The van der Waals surface area contributed by atoms with E-state index in [1.54, 1.807) is 6.08 Å². The van der Waals surface area contributed by atoms with E-state index in [1.807, 2.05) is 77.8 Å². The first-order valence-electron chi connectivity index (χ1n) is 10.3. The number of amides is 2. The molecular formula is C26H21ClN2O2. The Balaban J connectivity index is 1.64. The minimum atomic E-state index is -0.299. The molecule has 0 N–H and O–H groups in total. The third-order valence-corrected chi connectivity index (χ3v) is 6.23. The summed E-state index contributed by atoms with van der Waals surface area (Å²) in [7, 11) is 0. The normalized spacial score (nSPS) is 21.6. The van der Waals surface area contributed by atoms with Gasteiger partial charge in [0.25, 0.3) is 5.91 Å². The molecule has 0 saturated carbocycles. The molecule has 0 aromatic heterocycles. The van der Waals surface area contributed by atoms with Gasteiger partial charge in [-0.3, -0.25) is 9.59 Å². The van der Waals surface area contributed by atoms with E-state index in [0.717, 1.165) is 22.3 Å². The number of carbonyl (C=O) groups is 2. The van der Waals surface area contributed by atoms with Crippen molar-refractivity contribution in [2.24, 2.45) is 0 Å². The molecule has 0 unspecified atom stereocenters. The summed E-state index contributed by atoms with van der Waals surface area (Å²) in [6, 6.07) is 27.2. The summed E-state index contributed by atoms with van der Waals surface area (Å²) in [6.07, 6.45) is 2.48. The van der Waals surface area contributed by atoms with Gasteiger partial charge in [0, 0.05) is 11.1 Å². The first-order valence-corrected chi connectivity index (χ1v) is 10.7. The third-order valence-electron chi connectivity index (χ3n) is 5.98. The monoisotopic (exact) mass is 428 g/mol. The Morgan fingerprint density at radius 1 is 0.710 bits per heavy atom. The van der Waals surface area contributed by atoms with Crippen LogP contribution >= 0.6 is 11.6 Å². The lowest BCUT2D eigenvalue weighted by molar-refractivity contribution is -0.157. The van der Waals surface area contributed by atoms with E-state index >= 15 is 0 Å². The molecule has 2 atom stereocenters. The number of hydrogen-bond acceptors (Lipinski definition) is 3. The summed E-state index contributed by atoms with van der Waals surface area (Å²) >= 11 is 6.07. The van der Waals surface area contributed by atoms with E-state index < -0.39 is 0 Å². The zero-order valence-electron chi connectivity index (χ0n) is 16.8. The van der Waals surface area contributed by atoms with Crippen LogP contribution in [-0.2, 0) is 9.59 Å². The van der Waals surface area contributed by atoms with Gasteiger partial charge in [-0.2, -0.15) is 5.01 Å². The molecule has 0 bridgehead atoms. The summed E-state index contributed by atoms with van der Waals surface area (Å²) in [4.78, 5) is 26.3. The molecular weight excluding hydrogens is 408 g/mol. The average molecular weight is 429 g/mol. The minimum Gasteiger partial charge on any atom is -0.273 e. The highest BCUT2D eigenvalue weighted by Gasteiger charge is 2.47. The fraction of sp³-hybridized carbons (Fsp3) is 0.154. The van der Waals surface area contributed by atoms with Crippen molar-refractivity contribution in [3.8, 4) is 0 Å². The molecule has 31 heavy (non-hydrogen) atoms. The van der Waals surface area contributed by atoms with Gasteiger partial charge in [-0.25, -0.2) is 5.01 Å². The quantitative estimate of drug-likeness (QED) is 0.511. The molecule has 2 heterocycles. The molecule has 1 fully saturated rings. The molecule has 2 aliphatic heterocycles. The van der Waals surface area contributed by atoms with Gasteiger partial charge in [0.1, 0.15) is 0 Å². The molecule has 3 aromatic carbocycles. The van der Waals surface area contributed by atoms with Gasteiger partial charge >= 0.3 is 0 Å². The van der Waals surface area contributed by atoms with Gasteiger partial charge in [0.2, 0.25) is 5.91 Å². The van der Waals surface area contributed by atoms with Crippen molar-refractivity contribution in [2.45, 2.75) is 24.9 Å². The lowest BCUT2D eigenvalue weighted by atomic mass is 9.92. The van der Waals surface area contributed by atoms with Crippen molar-refractivity contribution in [3.05, 3.63) is 113 Å². The summed E-state index contributed by atoms with van der Waals surface area (Å²) in [6.45, 7) is 0. The molecule has 2 aliphatic rings. The standard InChI is InChI=1S/C26H21ClN2O2/c27-22-13-11-18(12-14-22)21-15-23(19-7-3-1-4-8-19)28-24(20-9-5-2-6-10-20)17-26(31)29(28)25(30)16-21/h1-14,16,23-24H,15,17H2/t23-,24+/m0/s1. The van der Waals surface area contributed by atoms with Crippen molar-refractivity contribution in [3.63, 3.8) is 0 Å². The van der Waals surface area contributed by atoms with Gasteiger partial charge < -0.3 is 0 Å². The average Bonchev–Trinajstić information content (AvgIpc) is 3.06. The Morgan fingerprint density at radius 3 is 1.84 bits per heavy atom. The minimum absolute atomic E-state index is 0.161. The van der Waals surface area contributed by atoms with Gasteiger partial charge in [0.05, 0.1) is 18.5 Å². The zero-order valence-corrected chi connectivity index (χ0v) is 17.6.